The van der Waals surface area contributed by atoms with Crippen LogP contribution in [-0.4, -0.2) is 21.0 Å². The maximum absolute atomic E-state index is 11.7. The highest BCUT2D eigenvalue weighted by molar-refractivity contribution is 6.02. The molecule has 2 amide bonds. The number of urea groups is 1. The van der Waals surface area contributed by atoms with Crippen LogP contribution in [0.4, 0.5) is 27.5 Å². The molecule has 2 aromatic carbocycles. The van der Waals surface area contributed by atoms with Crippen molar-refractivity contribution in [2.45, 2.75) is 0 Å². The monoisotopic (exact) mass is 318 g/mol. The molecule has 2 rings (SSSR count). The van der Waals surface area contributed by atoms with E-state index in [0.717, 1.165) is 24.3 Å². The van der Waals surface area contributed by atoms with Gasteiger partial charge in [-0.05, 0) is 12.1 Å². The minimum Gasteiger partial charge on any atom is -0.505 e. The first-order valence-corrected chi connectivity index (χ1v) is 6.13. The molecule has 0 saturated carbocycles. The number of nitrogens with two attached hydrogens (primary N) is 1. The minimum atomic E-state index is -1.09. The normalized spacial score (nSPS) is 10.1. The van der Waals surface area contributed by atoms with Crippen molar-refractivity contribution >= 4 is 28.8 Å². The number of nitrogens with zero attached hydrogens (tertiary/aromatic N) is 3. The van der Waals surface area contributed by atoms with E-state index in [1.54, 1.807) is 0 Å². The molecular weight excluding hydrogens is 308 g/mol. The number of hydrogen-bond acceptors (Lipinski definition) is 6. The third-order valence-electron chi connectivity index (χ3n) is 2.95. The Morgan fingerprint density at radius 2 is 1.70 bits per heavy atom. The molecule has 0 bridgehead atoms. The molecule has 0 aliphatic rings. The second-order valence-electron chi connectivity index (χ2n) is 4.35. The van der Waals surface area contributed by atoms with E-state index < -0.39 is 33.0 Å². The van der Waals surface area contributed by atoms with Crippen LogP contribution in [0, 0.1) is 20.2 Å². The van der Waals surface area contributed by atoms with Gasteiger partial charge in [0.2, 0.25) is 0 Å². The summed E-state index contributed by atoms with van der Waals surface area (Å²) in [4.78, 5) is 32.7. The summed E-state index contributed by atoms with van der Waals surface area (Å²) < 4.78 is 0. The van der Waals surface area contributed by atoms with Crippen molar-refractivity contribution in [2.75, 3.05) is 4.90 Å². The van der Waals surface area contributed by atoms with Gasteiger partial charge in [0, 0.05) is 12.1 Å². The number of amides is 2. The van der Waals surface area contributed by atoms with E-state index in [1.165, 1.54) is 18.2 Å². The van der Waals surface area contributed by atoms with Crippen LogP contribution >= 0.6 is 0 Å². The number of phenolic OH excluding ortho intramolecular Hbond substituents is 1. The van der Waals surface area contributed by atoms with Gasteiger partial charge in [-0.15, -0.1) is 0 Å². The average Bonchev–Trinajstić information content (AvgIpc) is 2.49. The van der Waals surface area contributed by atoms with E-state index in [0.29, 0.717) is 4.90 Å². The number of carbonyl (C=O) groups is 1. The molecule has 2 aromatic rings. The fourth-order valence-corrected chi connectivity index (χ4v) is 1.99. The molecule has 0 saturated heterocycles. The van der Waals surface area contributed by atoms with Crippen LogP contribution in [0.1, 0.15) is 0 Å². The molecule has 0 aliphatic heterocycles. The second-order valence-corrected chi connectivity index (χ2v) is 4.35. The molecule has 0 spiro atoms. The third kappa shape index (κ3) is 3.00. The molecule has 0 aromatic heterocycles. The van der Waals surface area contributed by atoms with Crippen LogP contribution in [0.2, 0.25) is 0 Å². The van der Waals surface area contributed by atoms with E-state index >= 15 is 0 Å². The van der Waals surface area contributed by atoms with Gasteiger partial charge in [-0.2, -0.15) is 0 Å². The Morgan fingerprint density at radius 1 is 1.04 bits per heavy atom. The first kappa shape index (κ1) is 15.7. The summed E-state index contributed by atoms with van der Waals surface area (Å²) in [6.45, 7) is 0. The van der Waals surface area contributed by atoms with Crippen molar-refractivity contribution in [3.8, 4) is 5.75 Å². The molecule has 0 atom stereocenters. The number of hydrogen-bond donors (Lipinski definition) is 2. The van der Waals surface area contributed by atoms with Gasteiger partial charge in [0.05, 0.1) is 21.6 Å². The maximum Gasteiger partial charge on any atom is 0.324 e. The van der Waals surface area contributed by atoms with Gasteiger partial charge in [0.1, 0.15) is 11.4 Å². The molecule has 0 unspecified atom stereocenters. The first-order chi connectivity index (χ1) is 10.8. The molecule has 0 heterocycles. The number of anilines is 2. The van der Waals surface area contributed by atoms with Gasteiger partial charge in [-0.1, -0.05) is 12.1 Å². The molecule has 0 fully saturated rings. The lowest BCUT2D eigenvalue weighted by Gasteiger charge is -2.21. The standard InChI is InChI=1S/C13H10N4O6/c14-13(19)15(9-3-1-2-4-10(9)17(22)23)11-6-5-8(16(20)21)7-12(11)18/h1-7,18H,(H2,14,19). The van der Waals surface area contributed by atoms with Crippen molar-refractivity contribution in [1.29, 1.82) is 0 Å². The molecule has 10 nitrogen and oxygen atoms in total. The zero-order valence-corrected chi connectivity index (χ0v) is 11.4. The lowest BCUT2D eigenvalue weighted by Crippen LogP contribution is -2.32. The molecule has 118 valence electrons. The largest absolute Gasteiger partial charge is 0.505 e. The maximum atomic E-state index is 11.7. The lowest BCUT2D eigenvalue weighted by atomic mass is 10.2. The van der Waals surface area contributed by atoms with Crippen LogP contribution < -0.4 is 10.6 Å². The highest BCUT2D eigenvalue weighted by Crippen LogP contribution is 2.39. The number of benzene rings is 2. The Labute approximate surface area is 128 Å². The van der Waals surface area contributed by atoms with E-state index in [9.17, 15) is 30.1 Å². The van der Waals surface area contributed by atoms with Crippen LogP contribution in [0.15, 0.2) is 42.5 Å². The number of primary amides is 1. The topological polar surface area (TPSA) is 153 Å². The van der Waals surface area contributed by atoms with E-state index in [-0.39, 0.29) is 11.4 Å². The summed E-state index contributed by atoms with van der Waals surface area (Å²) in [6.07, 6.45) is 0. The lowest BCUT2D eigenvalue weighted by molar-refractivity contribution is -0.384. The summed E-state index contributed by atoms with van der Waals surface area (Å²) in [6, 6.07) is 7.12. The number of nitro groups is 2. The molecule has 3 N–H and O–H groups in total. The van der Waals surface area contributed by atoms with Crippen LogP contribution in [0.25, 0.3) is 0 Å². The smallest absolute Gasteiger partial charge is 0.324 e. The van der Waals surface area contributed by atoms with E-state index in [2.05, 4.69) is 0 Å². The number of aromatic hydroxyl groups is 1. The second kappa shape index (κ2) is 5.97. The highest BCUT2D eigenvalue weighted by Gasteiger charge is 2.26. The molecular formula is C13H10N4O6. The van der Waals surface area contributed by atoms with Gasteiger partial charge in [0.25, 0.3) is 11.4 Å². The van der Waals surface area contributed by atoms with Gasteiger partial charge >= 0.3 is 6.03 Å². The minimum absolute atomic E-state index is 0.172. The zero-order valence-electron chi connectivity index (χ0n) is 11.4. The van der Waals surface area contributed by atoms with Gasteiger partial charge in [0.15, 0.2) is 0 Å². The predicted molar refractivity (Wildman–Crippen MR) is 79.6 cm³/mol. The summed E-state index contributed by atoms with van der Waals surface area (Å²) in [5, 5.41) is 31.7. The molecule has 10 heteroatoms. The Morgan fingerprint density at radius 3 is 2.22 bits per heavy atom. The van der Waals surface area contributed by atoms with Crippen molar-refractivity contribution in [2.24, 2.45) is 5.73 Å². The van der Waals surface area contributed by atoms with Gasteiger partial charge in [-0.25, -0.2) is 4.79 Å². The number of carbonyl (C=O) groups excluding carboxylic acids is 1. The predicted octanol–water partition coefficient (Wildman–Crippen LogP) is 2.43. The summed E-state index contributed by atoms with van der Waals surface area (Å²) in [7, 11) is 0. The molecule has 0 aliphatic carbocycles. The van der Waals surface area contributed by atoms with Crippen LogP contribution in [-0.2, 0) is 0 Å². The fraction of sp³-hybridized carbons (Fsp3) is 0. The number of rotatable bonds is 4. The summed E-state index contributed by atoms with van der Waals surface area (Å²) in [5.41, 5.74) is 4.06. The van der Waals surface area contributed by atoms with Crippen molar-refractivity contribution in [1.82, 2.24) is 0 Å². The third-order valence-corrected chi connectivity index (χ3v) is 2.95. The van der Waals surface area contributed by atoms with Gasteiger partial charge in [-0.3, -0.25) is 25.1 Å². The van der Waals surface area contributed by atoms with E-state index in [4.69, 9.17) is 5.73 Å². The molecule has 23 heavy (non-hydrogen) atoms. The van der Waals surface area contributed by atoms with Crippen molar-refractivity contribution in [3.63, 3.8) is 0 Å². The van der Waals surface area contributed by atoms with E-state index in [1.807, 2.05) is 0 Å². The number of phenols is 1. The average molecular weight is 318 g/mol. The van der Waals surface area contributed by atoms with Crippen molar-refractivity contribution in [3.05, 3.63) is 62.7 Å². The highest BCUT2D eigenvalue weighted by atomic mass is 16.6. The first-order valence-electron chi connectivity index (χ1n) is 6.13. The summed E-state index contributed by atoms with van der Waals surface area (Å²) >= 11 is 0. The Kier molecular flexibility index (Phi) is 4.07. The van der Waals surface area contributed by atoms with Crippen LogP contribution in [0.3, 0.4) is 0 Å². The fourth-order valence-electron chi connectivity index (χ4n) is 1.99. The number of nitro benzene ring substituents is 2. The SMILES string of the molecule is NC(=O)N(c1ccc([N+](=O)[O-])cc1O)c1ccccc1[N+](=O)[O-]. The molecule has 0 radical (unpaired) electrons. The Hall–Kier alpha value is -3.69. The van der Waals surface area contributed by atoms with Crippen LogP contribution in [0.5, 0.6) is 5.75 Å². The number of para-hydroxylation sites is 2. The Bertz CT molecular complexity index is 807. The summed E-state index contributed by atoms with van der Waals surface area (Å²) in [5.74, 6) is -0.615. The quantitative estimate of drug-likeness (QED) is 0.652. The Balaban J connectivity index is 2.64. The number of non-ortho nitro benzene ring substituents is 1. The van der Waals surface area contributed by atoms with Crippen molar-refractivity contribution < 1.29 is 19.7 Å². The zero-order chi connectivity index (χ0) is 17.1. The van der Waals surface area contributed by atoms with Gasteiger partial charge < -0.3 is 10.8 Å².